The Morgan fingerprint density at radius 3 is 2.57 bits per heavy atom. The first-order chi connectivity index (χ1) is 14.3. The summed E-state index contributed by atoms with van der Waals surface area (Å²) in [5, 5.41) is 19.8. The Morgan fingerprint density at radius 2 is 1.97 bits per heavy atom. The molecule has 3 aromatic heterocycles. The molecule has 0 aromatic carbocycles. The fourth-order valence-corrected chi connectivity index (χ4v) is 2.80. The van der Waals surface area contributed by atoms with Crippen molar-refractivity contribution in [2.75, 3.05) is 6.54 Å². The van der Waals surface area contributed by atoms with E-state index in [1.54, 1.807) is 23.2 Å². The first-order valence-corrected chi connectivity index (χ1v) is 8.77. The first-order valence-electron chi connectivity index (χ1n) is 8.77. The van der Waals surface area contributed by atoms with Gasteiger partial charge in [0.05, 0.1) is 12.8 Å². The number of carboxylic acid groups (broad SMARTS) is 1. The van der Waals surface area contributed by atoms with Gasteiger partial charge in [0.15, 0.2) is 17.4 Å². The minimum absolute atomic E-state index is 0.111. The molecule has 10 nitrogen and oxygen atoms in total. The summed E-state index contributed by atoms with van der Waals surface area (Å²) in [5.41, 5.74) is 0. The fourth-order valence-electron chi connectivity index (χ4n) is 2.80. The van der Waals surface area contributed by atoms with Crippen LogP contribution in [-0.2, 0) is 24.4 Å². The van der Waals surface area contributed by atoms with Gasteiger partial charge in [0.1, 0.15) is 6.54 Å². The van der Waals surface area contributed by atoms with Gasteiger partial charge in [-0.2, -0.15) is 18.3 Å². The van der Waals surface area contributed by atoms with Crippen LogP contribution in [0.1, 0.15) is 28.6 Å². The average Bonchev–Trinajstić information content (AvgIpc) is 3.43. The predicted molar refractivity (Wildman–Crippen MR) is 93.1 cm³/mol. The smallest absolute Gasteiger partial charge is 0.475 e. The predicted octanol–water partition coefficient (Wildman–Crippen LogP) is 1.80. The van der Waals surface area contributed by atoms with Crippen LogP contribution in [0.4, 0.5) is 13.2 Å². The summed E-state index contributed by atoms with van der Waals surface area (Å²) in [6.45, 7) is 2.47. The summed E-state index contributed by atoms with van der Waals surface area (Å²) >= 11 is 0. The van der Waals surface area contributed by atoms with Crippen molar-refractivity contribution in [1.29, 1.82) is 0 Å². The summed E-state index contributed by atoms with van der Waals surface area (Å²) < 4.78 is 40.8. The van der Waals surface area contributed by atoms with Gasteiger partial charge >= 0.3 is 12.1 Å². The van der Waals surface area contributed by atoms with Crippen LogP contribution < -0.4 is 0 Å². The molecule has 30 heavy (non-hydrogen) atoms. The van der Waals surface area contributed by atoms with Crippen molar-refractivity contribution in [2.24, 2.45) is 0 Å². The summed E-state index contributed by atoms with van der Waals surface area (Å²) in [4.78, 5) is 23.1. The molecule has 0 atom stereocenters. The SMILES string of the molecule is O=C(O)C(F)(F)F.O=C(c1ccco1)N1CCCn2c(nnc2Cn2cccn2)C1. The van der Waals surface area contributed by atoms with Gasteiger partial charge in [-0.15, -0.1) is 10.2 Å². The lowest BCUT2D eigenvalue weighted by Crippen LogP contribution is -2.30. The van der Waals surface area contributed by atoms with E-state index >= 15 is 0 Å². The molecule has 1 aliphatic rings. The molecule has 0 spiro atoms. The van der Waals surface area contributed by atoms with Crippen LogP contribution in [0.25, 0.3) is 0 Å². The van der Waals surface area contributed by atoms with Gasteiger partial charge < -0.3 is 19.0 Å². The number of carbonyl (C=O) groups excluding carboxylic acids is 1. The van der Waals surface area contributed by atoms with Crippen LogP contribution in [-0.4, -0.2) is 59.1 Å². The second-order valence-electron chi connectivity index (χ2n) is 6.25. The normalized spacial score (nSPS) is 13.8. The summed E-state index contributed by atoms with van der Waals surface area (Å²) in [5.74, 6) is -0.858. The summed E-state index contributed by atoms with van der Waals surface area (Å²) in [6, 6.07) is 5.28. The van der Waals surface area contributed by atoms with Crippen molar-refractivity contribution in [3.8, 4) is 0 Å². The van der Waals surface area contributed by atoms with E-state index in [9.17, 15) is 18.0 Å². The number of alkyl halides is 3. The molecule has 0 radical (unpaired) electrons. The van der Waals surface area contributed by atoms with E-state index in [2.05, 4.69) is 19.9 Å². The van der Waals surface area contributed by atoms with E-state index in [1.807, 2.05) is 16.9 Å². The number of rotatable bonds is 3. The molecule has 0 aliphatic carbocycles. The van der Waals surface area contributed by atoms with Crippen molar-refractivity contribution in [1.82, 2.24) is 29.4 Å². The largest absolute Gasteiger partial charge is 0.490 e. The van der Waals surface area contributed by atoms with Gasteiger partial charge in [-0.25, -0.2) is 4.79 Å². The number of furan rings is 1. The lowest BCUT2D eigenvalue weighted by atomic mass is 10.3. The van der Waals surface area contributed by atoms with Gasteiger partial charge in [0.2, 0.25) is 0 Å². The number of fused-ring (bicyclic) bond motifs is 1. The van der Waals surface area contributed by atoms with Gasteiger partial charge in [-0.05, 0) is 24.6 Å². The zero-order valence-corrected chi connectivity index (χ0v) is 15.5. The number of halogens is 3. The molecule has 3 aromatic rings. The van der Waals surface area contributed by atoms with Crippen molar-refractivity contribution in [2.45, 2.75) is 32.2 Å². The Morgan fingerprint density at radius 1 is 1.20 bits per heavy atom. The Labute approximate surface area is 167 Å². The first kappa shape index (κ1) is 21.1. The van der Waals surface area contributed by atoms with Crippen molar-refractivity contribution in [3.63, 3.8) is 0 Å². The third-order valence-corrected chi connectivity index (χ3v) is 4.17. The molecular formula is C17H17F3N6O4. The average molecular weight is 426 g/mol. The zero-order valence-electron chi connectivity index (χ0n) is 15.5. The Hall–Kier alpha value is -3.64. The topological polar surface area (TPSA) is 119 Å². The highest BCUT2D eigenvalue weighted by molar-refractivity contribution is 5.91. The van der Waals surface area contributed by atoms with Gasteiger partial charge in [-0.1, -0.05) is 0 Å². The molecule has 4 rings (SSSR count). The number of hydrogen-bond donors (Lipinski definition) is 1. The lowest BCUT2D eigenvalue weighted by Gasteiger charge is -2.17. The molecule has 0 fully saturated rings. The van der Waals surface area contributed by atoms with E-state index in [1.165, 1.54) is 6.26 Å². The Bertz CT molecular complexity index is 982. The molecule has 1 aliphatic heterocycles. The second kappa shape index (κ2) is 8.80. The minimum atomic E-state index is -5.08. The van der Waals surface area contributed by atoms with Crippen LogP contribution in [0, 0.1) is 0 Å². The molecule has 0 saturated carbocycles. The standard InChI is InChI=1S/C15H16N6O2.C2HF3O2/c22-15(12-4-1-9-23-12)19-6-3-8-21-13(10-19)17-18-14(21)11-20-7-2-5-16-20;3-2(4,5)1(6)7/h1-2,4-5,7,9H,3,6,8,10-11H2;(H,6,7). The molecule has 0 unspecified atom stereocenters. The fraction of sp³-hybridized carbons (Fsp3) is 0.353. The highest BCUT2D eigenvalue weighted by Crippen LogP contribution is 2.16. The monoisotopic (exact) mass is 426 g/mol. The summed E-state index contributed by atoms with van der Waals surface area (Å²) in [6.07, 6.45) is 0.911. The van der Waals surface area contributed by atoms with Crippen LogP contribution in [0.15, 0.2) is 41.3 Å². The quantitative estimate of drug-likeness (QED) is 0.678. The third kappa shape index (κ3) is 5.04. The number of hydrogen-bond acceptors (Lipinski definition) is 6. The van der Waals surface area contributed by atoms with E-state index in [0.717, 1.165) is 24.6 Å². The lowest BCUT2D eigenvalue weighted by molar-refractivity contribution is -0.192. The van der Waals surface area contributed by atoms with E-state index < -0.39 is 12.1 Å². The summed E-state index contributed by atoms with van der Waals surface area (Å²) in [7, 11) is 0. The number of amides is 1. The molecule has 4 heterocycles. The molecule has 160 valence electrons. The highest BCUT2D eigenvalue weighted by atomic mass is 19.4. The van der Waals surface area contributed by atoms with E-state index in [4.69, 9.17) is 14.3 Å². The van der Waals surface area contributed by atoms with Crippen LogP contribution in [0.2, 0.25) is 0 Å². The van der Waals surface area contributed by atoms with Crippen molar-refractivity contribution < 1.29 is 32.3 Å². The number of nitrogens with zero attached hydrogens (tertiary/aromatic N) is 6. The van der Waals surface area contributed by atoms with Crippen molar-refractivity contribution in [3.05, 3.63) is 54.3 Å². The Balaban J connectivity index is 0.000000318. The molecule has 1 N–H and O–H groups in total. The van der Waals surface area contributed by atoms with E-state index in [0.29, 0.717) is 25.4 Å². The van der Waals surface area contributed by atoms with Crippen LogP contribution >= 0.6 is 0 Å². The number of carboxylic acids is 1. The van der Waals surface area contributed by atoms with Gasteiger partial charge in [0, 0.05) is 25.5 Å². The maximum atomic E-state index is 12.4. The van der Waals surface area contributed by atoms with E-state index in [-0.39, 0.29) is 5.91 Å². The number of aliphatic carboxylic acids is 1. The molecule has 1 amide bonds. The molecule has 0 bridgehead atoms. The van der Waals surface area contributed by atoms with Gasteiger partial charge in [-0.3, -0.25) is 9.48 Å². The maximum absolute atomic E-state index is 12.4. The molecule has 13 heteroatoms. The second-order valence-corrected chi connectivity index (χ2v) is 6.25. The van der Waals surface area contributed by atoms with Gasteiger partial charge in [0.25, 0.3) is 5.91 Å². The molecule has 0 saturated heterocycles. The number of aromatic nitrogens is 5. The van der Waals surface area contributed by atoms with Crippen molar-refractivity contribution >= 4 is 11.9 Å². The Kier molecular flexibility index (Phi) is 6.18. The molecular weight excluding hydrogens is 409 g/mol. The van der Waals surface area contributed by atoms with Crippen LogP contribution in [0.5, 0.6) is 0 Å². The minimum Gasteiger partial charge on any atom is -0.475 e. The van der Waals surface area contributed by atoms with Crippen LogP contribution in [0.3, 0.4) is 0 Å². The third-order valence-electron chi connectivity index (χ3n) is 4.17. The number of carbonyl (C=O) groups is 2. The maximum Gasteiger partial charge on any atom is 0.490 e. The highest BCUT2D eigenvalue weighted by Gasteiger charge is 2.38. The zero-order chi connectivity index (χ0) is 21.7.